The SMILES string of the molecule is CCCCC(C)O.[H-].[Na+]. The summed E-state index contributed by atoms with van der Waals surface area (Å²) >= 11 is 0. The molecule has 0 aliphatic carbocycles. The summed E-state index contributed by atoms with van der Waals surface area (Å²) in [4.78, 5) is 0. The van der Waals surface area contributed by atoms with Crippen LogP contribution in [-0.4, -0.2) is 11.2 Å². The summed E-state index contributed by atoms with van der Waals surface area (Å²) in [7, 11) is 0. The van der Waals surface area contributed by atoms with Crippen LogP contribution in [-0.2, 0) is 0 Å². The van der Waals surface area contributed by atoms with Gasteiger partial charge in [0.05, 0.1) is 6.10 Å². The van der Waals surface area contributed by atoms with Crippen LogP contribution >= 0.6 is 0 Å². The van der Waals surface area contributed by atoms with Crippen molar-refractivity contribution in [2.24, 2.45) is 0 Å². The van der Waals surface area contributed by atoms with E-state index in [-0.39, 0.29) is 37.1 Å². The Morgan fingerprint density at radius 3 is 2.25 bits per heavy atom. The summed E-state index contributed by atoms with van der Waals surface area (Å²) in [6.07, 6.45) is 3.19. The summed E-state index contributed by atoms with van der Waals surface area (Å²) in [6.45, 7) is 3.96. The molecule has 0 radical (unpaired) electrons. The Balaban J connectivity index is -0.000000180. The van der Waals surface area contributed by atoms with E-state index in [0.29, 0.717) is 0 Å². The van der Waals surface area contributed by atoms with Crippen molar-refractivity contribution in [2.45, 2.75) is 39.2 Å². The first kappa shape index (κ1) is 11.7. The van der Waals surface area contributed by atoms with Crippen molar-refractivity contribution in [3.8, 4) is 0 Å². The van der Waals surface area contributed by atoms with Crippen LogP contribution in [0.4, 0.5) is 0 Å². The molecule has 1 unspecified atom stereocenters. The number of aliphatic hydroxyl groups excluding tert-OH is 1. The third kappa shape index (κ3) is 10.0. The predicted molar refractivity (Wildman–Crippen MR) is 32.3 cm³/mol. The zero-order valence-electron chi connectivity index (χ0n) is 7.15. The molecule has 46 valence electrons. The van der Waals surface area contributed by atoms with Crippen LogP contribution in [0, 0.1) is 0 Å². The molecule has 8 heavy (non-hydrogen) atoms. The van der Waals surface area contributed by atoms with Crippen LogP contribution in [0.1, 0.15) is 34.5 Å². The first-order valence-electron chi connectivity index (χ1n) is 2.95. The van der Waals surface area contributed by atoms with Crippen molar-refractivity contribution in [3.63, 3.8) is 0 Å². The Morgan fingerprint density at radius 2 is 2.12 bits per heavy atom. The predicted octanol–water partition coefficient (Wildman–Crippen LogP) is -1.33. The number of aliphatic hydroxyl groups is 1. The maximum absolute atomic E-state index is 8.68. The van der Waals surface area contributed by atoms with E-state index in [1.54, 1.807) is 0 Å². The van der Waals surface area contributed by atoms with Gasteiger partial charge in [0.1, 0.15) is 0 Å². The first-order valence-corrected chi connectivity index (χ1v) is 2.95. The van der Waals surface area contributed by atoms with Crippen LogP contribution < -0.4 is 29.6 Å². The molecule has 0 amide bonds. The van der Waals surface area contributed by atoms with E-state index < -0.39 is 0 Å². The average Bonchev–Trinajstić information content (AvgIpc) is 1.61. The zero-order chi connectivity index (χ0) is 5.70. The Bertz CT molecular complexity index is 42.0. The van der Waals surface area contributed by atoms with Crippen molar-refractivity contribution in [1.82, 2.24) is 0 Å². The molecule has 0 aromatic heterocycles. The first-order chi connectivity index (χ1) is 3.27. The fourth-order valence-corrected chi connectivity index (χ4v) is 0.500. The molecule has 0 fully saturated rings. The molecule has 0 aliphatic heterocycles. The van der Waals surface area contributed by atoms with Gasteiger partial charge in [-0.15, -0.1) is 0 Å². The topological polar surface area (TPSA) is 20.2 Å². The molecule has 0 saturated carbocycles. The molecule has 0 rings (SSSR count). The fraction of sp³-hybridized carbons (Fsp3) is 1.00. The molecule has 0 aromatic rings. The maximum atomic E-state index is 8.68. The Kier molecular flexibility index (Phi) is 11.7. The van der Waals surface area contributed by atoms with Gasteiger partial charge in [-0.25, -0.2) is 0 Å². The molecule has 0 saturated heterocycles. The molecular weight excluding hydrogens is 111 g/mol. The van der Waals surface area contributed by atoms with E-state index in [1.165, 1.54) is 6.42 Å². The van der Waals surface area contributed by atoms with Crippen molar-refractivity contribution >= 4 is 0 Å². The van der Waals surface area contributed by atoms with Gasteiger partial charge in [0, 0.05) is 0 Å². The molecule has 0 spiro atoms. The van der Waals surface area contributed by atoms with Crippen molar-refractivity contribution in [1.29, 1.82) is 0 Å². The normalized spacial score (nSPS) is 12.4. The van der Waals surface area contributed by atoms with Crippen LogP contribution in [0.15, 0.2) is 0 Å². The monoisotopic (exact) mass is 126 g/mol. The van der Waals surface area contributed by atoms with Crippen LogP contribution in [0.2, 0.25) is 0 Å². The van der Waals surface area contributed by atoms with E-state index in [1.807, 2.05) is 6.92 Å². The second-order valence-corrected chi connectivity index (χ2v) is 1.99. The molecule has 1 nitrogen and oxygen atoms in total. The molecule has 2 heteroatoms. The molecule has 0 aliphatic rings. The van der Waals surface area contributed by atoms with Gasteiger partial charge in [0.25, 0.3) is 0 Å². The standard InChI is InChI=1S/C6H14O.Na.H/c1-3-4-5-6(2)7;;/h6-7H,3-5H2,1-2H3;;/q;+1;-1. The van der Waals surface area contributed by atoms with Gasteiger partial charge in [-0.1, -0.05) is 19.8 Å². The summed E-state index contributed by atoms with van der Waals surface area (Å²) in [5.74, 6) is 0. The van der Waals surface area contributed by atoms with Crippen LogP contribution in [0.3, 0.4) is 0 Å². The fourth-order valence-electron chi connectivity index (χ4n) is 0.500. The van der Waals surface area contributed by atoms with Gasteiger partial charge >= 0.3 is 29.6 Å². The molecule has 0 bridgehead atoms. The molecule has 0 heterocycles. The molecular formula is C6H15NaO. The number of unbranched alkanes of at least 4 members (excludes halogenated alkanes) is 1. The van der Waals surface area contributed by atoms with Gasteiger partial charge in [0.15, 0.2) is 0 Å². The van der Waals surface area contributed by atoms with Gasteiger partial charge < -0.3 is 6.53 Å². The summed E-state index contributed by atoms with van der Waals surface area (Å²) in [5.41, 5.74) is 0. The second-order valence-electron chi connectivity index (χ2n) is 1.99. The molecule has 1 atom stereocenters. The van der Waals surface area contributed by atoms with Gasteiger partial charge in [-0.3, -0.25) is 0 Å². The summed E-state index contributed by atoms with van der Waals surface area (Å²) < 4.78 is 0. The van der Waals surface area contributed by atoms with Gasteiger partial charge in [-0.05, 0) is 13.3 Å². The smallest absolute Gasteiger partial charge is 1.00 e. The second kappa shape index (κ2) is 7.96. The quantitative estimate of drug-likeness (QED) is 0.465. The largest absolute Gasteiger partial charge is 1.00 e. The zero-order valence-corrected chi connectivity index (χ0v) is 8.15. The minimum atomic E-state index is -0.0973. The minimum absolute atomic E-state index is 0. The Morgan fingerprint density at radius 1 is 1.62 bits per heavy atom. The molecule has 0 aromatic carbocycles. The van der Waals surface area contributed by atoms with E-state index in [4.69, 9.17) is 5.11 Å². The summed E-state index contributed by atoms with van der Waals surface area (Å²) in [6, 6.07) is 0. The number of rotatable bonds is 3. The van der Waals surface area contributed by atoms with Crippen molar-refractivity contribution in [3.05, 3.63) is 0 Å². The van der Waals surface area contributed by atoms with E-state index >= 15 is 0 Å². The third-order valence-corrected chi connectivity index (χ3v) is 0.975. The maximum Gasteiger partial charge on any atom is 1.00 e. The number of hydrogen-bond donors (Lipinski definition) is 1. The van der Waals surface area contributed by atoms with E-state index in [9.17, 15) is 0 Å². The molecule has 1 N–H and O–H groups in total. The minimum Gasteiger partial charge on any atom is -1.00 e. The van der Waals surface area contributed by atoms with E-state index in [2.05, 4.69) is 6.92 Å². The Labute approximate surface area is 75.3 Å². The van der Waals surface area contributed by atoms with Gasteiger partial charge in [0.2, 0.25) is 0 Å². The average molecular weight is 126 g/mol. The Hall–Kier alpha value is 0.960. The third-order valence-electron chi connectivity index (χ3n) is 0.975. The number of hydrogen-bond acceptors (Lipinski definition) is 1. The van der Waals surface area contributed by atoms with E-state index in [0.717, 1.165) is 12.8 Å². The van der Waals surface area contributed by atoms with Gasteiger partial charge in [-0.2, -0.15) is 0 Å². The van der Waals surface area contributed by atoms with Crippen LogP contribution in [0.5, 0.6) is 0 Å². The van der Waals surface area contributed by atoms with Crippen molar-refractivity contribution in [2.75, 3.05) is 0 Å². The summed E-state index contributed by atoms with van der Waals surface area (Å²) in [5, 5.41) is 8.68. The van der Waals surface area contributed by atoms with Crippen LogP contribution in [0.25, 0.3) is 0 Å². The van der Waals surface area contributed by atoms with Crippen molar-refractivity contribution < 1.29 is 36.1 Å².